The Kier molecular flexibility index (Phi) is 4.82. The third kappa shape index (κ3) is 2.58. The summed E-state index contributed by atoms with van der Waals surface area (Å²) >= 11 is 2.20. The Hall–Kier alpha value is -0.530. The quantitative estimate of drug-likeness (QED) is 0.433. The first-order valence-electron chi connectivity index (χ1n) is 5.07. The Labute approximate surface area is 109 Å². The average molecular weight is 341 g/mol. The Balaban J connectivity index is 2.64. The highest BCUT2D eigenvalue weighted by Gasteiger charge is 2.42. The Morgan fingerprint density at radius 2 is 1.81 bits per heavy atom. The fourth-order valence-electron chi connectivity index (χ4n) is 1.86. The number of alkyl halides is 1. The van der Waals surface area contributed by atoms with Gasteiger partial charge in [-0.2, -0.15) is 0 Å². The lowest BCUT2D eigenvalue weighted by Gasteiger charge is -2.37. The molecule has 0 spiro atoms. The van der Waals surface area contributed by atoms with Crippen LogP contribution in [0, 0.1) is 5.41 Å². The molecule has 92 valence electrons. The van der Waals surface area contributed by atoms with Crippen molar-refractivity contribution in [1.82, 2.24) is 4.90 Å². The molecular weight excluding hydrogens is 325 g/mol. The second-order valence-corrected chi connectivity index (χ2v) is 4.63. The number of carbonyl (C=O) groups is 2. The van der Waals surface area contributed by atoms with Crippen molar-refractivity contribution in [3.8, 4) is 0 Å². The minimum Gasteiger partial charge on any atom is -0.469 e. The average Bonchev–Trinajstić information content (AvgIpc) is 2.36. The topological polar surface area (TPSA) is 55.8 Å². The predicted molar refractivity (Wildman–Crippen MR) is 66.5 cm³/mol. The first-order valence-corrected chi connectivity index (χ1v) is 6.59. The summed E-state index contributed by atoms with van der Waals surface area (Å²) in [7, 11) is 2.77. The summed E-state index contributed by atoms with van der Waals surface area (Å²) in [5.74, 6) is -0.175. The molecule has 16 heavy (non-hydrogen) atoms. The zero-order valence-corrected chi connectivity index (χ0v) is 11.7. The van der Waals surface area contributed by atoms with Crippen molar-refractivity contribution in [1.29, 1.82) is 0 Å². The number of amides is 1. The van der Waals surface area contributed by atoms with E-state index in [1.807, 2.05) is 0 Å². The molecular formula is C10H16INO4. The molecule has 0 aromatic heterocycles. The van der Waals surface area contributed by atoms with Gasteiger partial charge >= 0.3 is 12.1 Å². The van der Waals surface area contributed by atoms with Crippen LogP contribution in [-0.4, -0.2) is 48.7 Å². The molecule has 1 fully saturated rings. The summed E-state index contributed by atoms with van der Waals surface area (Å²) in [6, 6.07) is 0. The van der Waals surface area contributed by atoms with Gasteiger partial charge in [0.25, 0.3) is 0 Å². The van der Waals surface area contributed by atoms with Gasteiger partial charge in [0, 0.05) is 17.5 Å². The van der Waals surface area contributed by atoms with E-state index in [1.54, 1.807) is 4.90 Å². The van der Waals surface area contributed by atoms with Gasteiger partial charge < -0.3 is 14.4 Å². The summed E-state index contributed by atoms with van der Waals surface area (Å²) in [5.41, 5.74) is -0.431. The van der Waals surface area contributed by atoms with E-state index in [2.05, 4.69) is 27.3 Å². The van der Waals surface area contributed by atoms with Crippen molar-refractivity contribution in [3.63, 3.8) is 0 Å². The fraction of sp³-hybridized carbons (Fsp3) is 0.800. The van der Waals surface area contributed by atoms with Crippen LogP contribution < -0.4 is 0 Å². The lowest BCUT2D eigenvalue weighted by Crippen LogP contribution is -2.47. The highest BCUT2D eigenvalue weighted by Crippen LogP contribution is 2.35. The number of halogens is 1. The fourth-order valence-corrected chi connectivity index (χ4v) is 2.93. The number of methoxy groups -OCH3 is 2. The maximum Gasteiger partial charge on any atom is 0.409 e. The number of hydrogen-bond acceptors (Lipinski definition) is 4. The maximum atomic E-state index is 11.7. The van der Waals surface area contributed by atoms with Gasteiger partial charge in [0.2, 0.25) is 0 Å². The van der Waals surface area contributed by atoms with E-state index in [1.165, 1.54) is 14.2 Å². The summed E-state index contributed by atoms with van der Waals surface area (Å²) in [5, 5.41) is 0. The molecule has 0 aliphatic carbocycles. The summed E-state index contributed by atoms with van der Waals surface area (Å²) in [6.07, 6.45) is 0.946. The van der Waals surface area contributed by atoms with Gasteiger partial charge in [-0.25, -0.2) is 4.79 Å². The Morgan fingerprint density at radius 1 is 1.25 bits per heavy atom. The van der Waals surface area contributed by atoms with Crippen molar-refractivity contribution in [3.05, 3.63) is 0 Å². The van der Waals surface area contributed by atoms with Crippen LogP contribution >= 0.6 is 22.6 Å². The Morgan fingerprint density at radius 3 is 2.19 bits per heavy atom. The standard InChI is InChI=1S/C10H16INO4/c1-15-8(13)10(7-11)3-5-12(6-4-10)9(14)16-2/h3-7H2,1-2H3. The van der Waals surface area contributed by atoms with E-state index < -0.39 is 5.41 Å². The van der Waals surface area contributed by atoms with E-state index >= 15 is 0 Å². The van der Waals surface area contributed by atoms with Crippen LogP contribution in [0.5, 0.6) is 0 Å². The van der Waals surface area contributed by atoms with E-state index in [4.69, 9.17) is 4.74 Å². The van der Waals surface area contributed by atoms with Gasteiger partial charge in [0.1, 0.15) is 0 Å². The molecule has 0 saturated carbocycles. The minimum absolute atomic E-state index is 0.175. The molecule has 6 heteroatoms. The van der Waals surface area contributed by atoms with Crippen LogP contribution in [0.2, 0.25) is 0 Å². The molecule has 0 unspecified atom stereocenters. The molecule has 0 atom stereocenters. The first-order chi connectivity index (χ1) is 7.59. The molecule has 1 rings (SSSR count). The minimum atomic E-state index is -0.431. The van der Waals surface area contributed by atoms with E-state index in [-0.39, 0.29) is 12.1 Å². The van der Waals surface area contributed by atoms with E-state index in [0.29, 0.717) is 30.4 Å². The molecule has 0 aromatic rings. The third-order valence-corrected chi connectivity index (χ3v) is 4.49. The number of hydrogen-bond donors (Lipinski definition) is 0. The summed E-state index contributed by atoms with van der Waals surface area (Å²) in [4.78, 5) is 24.6. The number of ether oxygens (including phenoxy) is 2. The molecule has 0 bridgehead atoms. The number of esters is 1. The van der Waals surface area contributed by atoms with Crippen LogP contribution in [-0.2, 0) is 14.3 Å². The molecule has 0 radical (unpaired) electrons. The predicted octanol–water partition coefficient (Wildman–Crippen LogP) is 1.44. The van der Waals surface area contributed by atoms with Crippen LogP contribution in [0.1, 0.15) is 12.8 Å². The monoisotopic (exact) mass is 341 g/mol. The molecule has 5 nitrogen and oxygen atoms in total. The highest BCUT2D eigenvalue weighted by molar-refractivity contribution is 14.1. The number of likely N-dealkylation sites (tertiary alicyclic amines) is 1. The second-order valence-electron chi connectivity index (χ2n) is 3.86. The van der Waals surface area contributed by atoms with Gasteiger partial charge in [-0.1, -0.05) is 22.6 Å². The summed E-state index contributed by atoms with van der Waals surface area (Å²) < 4.78 is 10.2. The van der Waals surface area contributed by atoms with E-state index in [9.17, 15) is 9.59 Å². The molecule has 1 heterocycles. The highest BCUT2D eigenvalue weighted by atomic mass is 127. The van der Waals surface area contributed by atoms with Gasteiger partial charge in [0.15, 0.2) is 0 Å². The largest absolute Gasteiger partial charge is 0.469 e. The SMILES string of the molecule is COC(=O)N1CCC(CI)(C(=O)OC)CC1. The third-order valence-electron chi connectivity index (χ3n) is 3.03. The van der Waals surface area contributed by atoms with Crippen LogP contribution in [0.25, 0.3) is 0 Å². The van der Waals surface area contributed by atoms with E-state index in [0.717, 1.165) is 0 Å². The lowest BCUT2D eigenvalue weighted by molar-refractivity contribution is -0.153. The van der Waals surface area contributed by atoms with Crippen molar-refractivity contribution in [2.24, 2.45) is 5.41 Å². The van der Waals surface area contributed by atoms with Gasteiger partial charge in [-0.3, -0.25) is 4.79 Å². The molecule has 0 aromatic carbocycles. The molecule has 1 amide bonds. The smallest absolute Gasteiger partial charge is 0.409 e. The van der Waals surface area contributed by atoms with Gasteiger partial charge in [0.05, 0.1) is 19.6 Å². The number of nitrogens with zero attached hydrogens (tertiary/aromatic N) is 1. The zero-order valence-electron chi connectivity index (χ0n) is 9.49. The Bertz CT molecular complexity index is 274. The van der Waals surface area contributed by atoms with Crippen molar-refractivity contribution in [2.75, 3.05) is 31.7 Å². The van der Waals surface area contributed by atoms with Gasteiger partial charge in [-0.05, 0) is 12.8 Å². The molecule has 1 aliphatic heterocycles. The molecule has 1 saturated heterocycles. The van der Waals surface area contributed by atoms with Crippen molar-refractivity contribution >= 4 is 34.7 Å². The summed E-state index contributed by atoms with van der Waals surface area (Å²) in [6.45, 7) is 1.09. The van der Waals surface area contributed by atoms with Crippen LogP contribution in [0.15, 0.2) is 0 Å². The van der Waals surface area contributed by atoms with Crippen molar-refractivity contribution < 1.29 is 19.1 Å². The van der Waals surface area contributed by atoms with Gasteiger partial charge in [-0.15, -0.1) is 0 Å². The maximum absolute atomic E-state index is 11.7. The molecule has 1 aliphatic rings. The second kappa shape index (κ2) is 5.70. The number of carbonyl (C=O) groups excluding carboxylic acids is 2. The van der Waals surface area contributed by atoms with Crippen LogP contribution in [0.3, 0.4) is 0 Å². The van der Waals surface area contributed by atoms with Crippen molar-refractivity contribution in [2.45, 2.75) is 12.8 Å². The molecule has 0 N–H and O–H groups in total. The van der Waals surface area contributed by atoms with Crippen LogP contribution in [0.4, 0.5) is 4.79 Å². The zero-order chi connectivity index (χ0) is 12.2. The number of rotatable bonds is 2. The lowest BCUT2D eigenvalue weighted by atomic mass is 9.80. The normalized spacial score (nSPS) is 19.1. The first kappa shape index (κ1) is 13.5. The number of piperidine rings is 1.